The third-order valence-electron chi connectivity index (χ3n) is 2.28. The van der Waals surface area contributed by atoms with Gasteiger partial charge in [-0.05, 0) is 6.92 Å². The summed E-state index contributed by atoms with van der Waals surface area (Å²) in [6, 6.07) is 0. The lowest BCUT2D eigenvalue weighted by atomic mass is 10.5. The first-order valence-electron chi connectivity index (χ1n) is 4.97. The molecule has 0 aromatic carbocycles. The van der Waals surface area contributed by atoms with Crippen molar-refractivity contribution in [3.05, 3.63) is 30.6 Å². The van der Waals surface area contributed by atoms with E-state index in [2.05, 4.69) is 24.4 Å². The van der Waals surface area contributed by atoms with Gasteiger partial charge in [-0.15, -0.1) is 0 Å². The Labute approximate surface area is 88.8 Å². The Morgan fingerprint density at radius 1 is 1.40 bits per heavy atom. The molecule has 1 N–H and O–H groups in total. The molecule has 2 aromatic rings. The molecule has 0 bridgehead atoms. The van der Waals surface area contributed by atoms with E-state index < -0.39 is 0 Å². The molecule has 5 heteroatoms. The molecule has 15 heavy (non-hydrogen) atoms. The average molecular weight is 205 g/mol. The van der Waals surface area contributed by atoms with Crippen LogP contribution in [0.15, 0.2) is 24.9 Å². The Morgan fingerprint density at radius 3 is 2.93 bits per heavy atom. The molecule has 80 valence electrons. The summed E-state index contributed by atoms with van der Waals surface area (Å²) in [5.74, 6) is 0.910. The Hall–Kier alpha value is -1.78. The topological polar surface area (TPSA) is 47.7 Å². The van der Waals surface area contributed by atoms with Gasteiger partial charge in [0.05, 0.1) is 12.0 Å². The standard InChI is InChI=1S/C10H15N5/c1-9-7-15(10(11-2)13-9)6-5-14-4-3-12-8-14/h3-4,7-8H,5-6H2,1-2H3,(H,11,13). The fourth-order valence-electron chi connectivity index (χ4n) is 1.56. The van der Waals surface area contributed by atoms with Gasteiger partial charge < -0.3 is 14.5 Å². The van der Waals surface area contributed by atoms with Gasteiger partial charge in [0.25, 0.3) is 0 Å². The van der Waals surface area contributed by atoms with Crippen molar-refractivity contribution in [1.82, 2.24) is 19.1 Å². The van der Waals surface area contributed by atoms with Gasteiger partial charge in [-0.3, -0.25) is 0 Å². The normalized spacial score (nSPS) is 10.5. The second-order valence-corrected chi connectivity index (χ2v) is 3.45. The van der Waals surface area contributed by atoms with Crippen LogP contribution >= 0.6 is 0 Å². The minimum atomic E-state index is 0.896. The van der Waals surface area contributed by atoms with Crippen molar-refractivity contribution in [2.24, 2.45) is 0 Å². The molecule has 0 spiro atoms. The van der Waals surface area contributed by atoms with Gasteiger partial charge >= 0.3 is 0 Å². The Balaban J connectivity index is 2.04. The molecule has 2 rings (SSSR count). The highest BCUT2D eigenvalue weighted by atomic mass is 15.2. The Morgan fingerprint density at radius 2 is 2.27 bits per heavy atom. The van der Waals surface area contributed by atoms with E-state index in [-0.39, 0.29) is 0 Å². The van der Waals surface area contributed by atoms with Crippen LogP contribution in [-0.2, 0) is 13.1 Å². The van der Waals surface area contributed by atoms with Gasteiger partial charge in [-0.25, -0.2) is 9.97 Å². The van der Waals surface area contributed by atoms with Gasteiger partial charge in [0.1, 0.15) is 0 Å². The number of nitrogens with zero attached hydrogens (tertiary/aromatic N) is 4. The molecule has 0 saturated carbocycles. The summed E-state index contributed by atoms with van der Waals surface area (Å²) in [6.45, 7) is 3.80. The van der Waals surface area contributed by atoms with E-state index >= 15 is 0 Å². The van der Waals surface area contributed by atoms with Crippen LogP contribution in [0.1, 0.15) is 5.69 Å². The molecule has 0 amide bonds. The largest absolute Gasteiger partial charge is 0.359 e. The van der Waals surface area contributed by atoms with E-state index in [0.717, 1.165) is 24.7 Å². The molecular formula is C10H15N5. The highest BCUT2D eigenvalue weighted by Crippen LogP contribution is 2.07. The van der Waals surface area contributed by atoms with Crippen molar-refractivity contribution in [1.29, 1.82) is 0 Å². The van der Waals surface area contributed by atoms with E-state index in [1.807, 2.05) is 32.7 Å². The number of imidazole rings is 2. The van der Waals surface area contributed by atoms with Crippen LogP contribution < -0.4 is 5.32 Å². The number of nitrogens with one attached hydrogen (secondary N) is 1. The van der Waals surface area contributed by atoms with Gasteiger partial charge in [-0.1, -0.05) is 0 Å². The molecule has 2 aromatic heterocycles. The predicted octanol–water partition coefficient (Wildman–Crippen LogP) is 1.13. The highest BCUT2D eigenvalue weighted by Gasteiger charge is 2.02. The molecule has 0 unspecified atom stereocenters. The third kappa shape index (κ3) is 2.18. The maximum atomic E-state index is 4.36. The predicted molar refractivity (Wildman–Crippen MR) is 58.7 cm³/mol. The van der Waals surface area contributed by atoms with Gasteiger partial charge in [0.15, 0.2) is 0 Å². The van der Waals surface area contributed by atoms with E-state index in [1.54, 1.807) is 6.20 Å². The quantitative estimate of drug-likeness (QED) is 0.814. The molecule has 0 fully saturated rings. The number of aryl methyl sites for hydroxylation is 3. The van der Waals surface area contributed by atoms with Gasteiger partial charge in [-0.2, -0.15) is 0 Å². The van der Waals surface area contributed by atoms with Crippen molar-refractivity contribution < 1.29 is 0 Å². The monoisotopic (exact) mass is 205 g/mol. The Kier molecular flexibility index (Phi) is 2.71. The summed E-state index contributed by atoms with van der Waals surface area (Å²) in [5.41, 5.74) is 1.03. The summed E-state index contributed by atoms with van der Waals surface area (Å²) in [4.78, 5) is 8.36. The maximum Gasteiger partial charge on any atom is 0.202 e. The Bertz CT molecular complexity index is 415. The lowest BCUT2D eigenvalue weighted by molar-refractivity contribution is 0.582. The first-order chi connectivity index (χ1) is 7.29. The molecule has 0 atom stereocenters. The molecule has 0 aliphatic heterocycles. The van der Waals surface area contributed by atoms with Crippen LogP contribution in [0.3, 0.4) is 0 Å². The minimum Gasteiger partial charge on any atom is -0.359 e. The second kappa shape index (κ2) is 4.16. The number of rotatable bonds is 4. The maximum absolute atomic E-state index is 4.36. The molecule has 2 heterocycles. The van der Waals surface area contributed by atoms with E-state index in [9.17, 15) is 0 Å². The van der Waals surface area contributed by atoms with Crippen molar-refractivity contribution in [2.45, 2.75) is 20.0 Å². The summed E-state index contributed by atoms with van der Waals surface area (Å²) >= 11 is 0. The smallest absolute Gasteiger partial charge is 0.202 e. The van der Waals surface area contributed by atoms with E-state index in [0.29, 0.717) is 0 Å². The number of anilines is 1. The van der Waals surface area contributed by atoms with Crippen molar-refractivity contribution in [2.75, 3.05) is 12.4 Å². The lowest BCUT2D eigenvalue weighted by Gasteiger charge is -2.06. The zero-order valence-corrected chi connectivity index (χ0v) is 9.01. The van der Waals surface area contributed by atoms with Crippen molar-refractivity contribution >= 4 is 5.95 Å². The fraction of sp³-hybridized carbons (Fsp3) is 0.400. The lowest BCUT2D eigenvalue weighted by Crippen LogP contribution is -2.08. The molecule has 0 aliphatic carbocycles. The summed E-state index contributed by atoms with van der Waals surface area (Å²) in [7, 11) is 1.88. The van der Waals surface area contributed by atoms with Crippen LogP contribution in [0.5, 0.6) is 0 Å². The first-order valence-corrected chi connectivity index (χ1v) is 4.97. The molecule has 0 saturated heterocycles. The van der Waals surface area contributed by atoms with Crippen LogP contribution in [0.4, 0.5) is 5.95 Å². The zero-order chi connectivity index (χ0) is 10.7. The molecule has 0 aliphatic rings. The van der Waals surface area contributed by atoms with E-state index in [1.165, 1.54) is 0 Å². The fourth-order valence-corrected chi connectivity index (χ4v) is 1.56. The number of hydrogen-bond donors (Lipinski definition) is 1. The second-order valence-electron chi connectivity index (χ2n) is 3.45. The number of aromatic nitrogens is 4. The molecule has 5 nitrogen and oxygen atoms in total. The average Bonchev–Trinajstić information content (AvgIpc) is 2.83. The van der Waals surface area contributed by atoms with Gasteiger partial charge in [0.2, 0.25) is 5.95 Å². The van der Waals surface area contributed by atoms with Gasteiger partial charge in [0, 0.05) is 38.7 Å². The van der Waals surface area contributed by atoms with Crippen LogP contribution in [0.2, 0.25) is 0 Å². The summed E-state index contributed by atoms with van der Waals surface area (Å²) in [6.07, 6.45) is 7.62. The first kappa shape index (κ1) is 9.76. The summed E-state index contributed by atoms with van der Waals surface area (Å²) < 4.78 is 4.16. The van der Waals surface area contributed by atoms with E-state index in [4.69, 9.17) is 0 Å². The third-order valence-corrected chi connectivity index (χ3v) is 2.28. The highest BCUT2D eigenvalue weighted by molar-refractivity contribution is 5.27. The SMILES string of the molecule is CNc1nc(C)cn1CCn1ccnc1. The van der Waals surface area contributed by atoms with Crippen LogP contribution in [0.25, 0.3) is 0 Å². The van der Waals surface area contributed by atoms with Crippen LogP contribution in [0, 0.1) is 6.92 Å². The van der Waals surface area contributed by atoms with Crippen molar-refractivity contribution in [3.63, 3.8) is 0 Å². The molecular weight excluding hydrogens is 190 g/mol. The molecule has 0 radical (unpaired) electrons. The minimum absolute atomic E-state index is 0.896. The van der Waals surface area contributed by atoms with Crippen molar-refractivity contribution in [3.8, 4) is 0 Å². The number of hydrogen-bond acceptors (Lipinski definition) is 3. The zero-order valence-electron chi connectivity index (χ0n) is 9.01. The summed E-state index contributed by atoms with van der Waals surface area (Å²) in [5, 5.41) is 3.07. The van der Waals surface area contributed by atoms with Crippen LogP contribution in [-0.4, -0.2) is 26.1 Å².